The van der Waals surface area contributed by atoms with Gasteiger partial charge in [-0.05, 0) is 44.9 Å². The van der Waals surface area contributed by atoms with E-state index in [9.17, 15) is 9.59 Å². The van der Waals surface area contributed by atoms with Crippen LogP contribution in [0.25, 0.3) is 0 Å². The van der Waals surface area contributed by atoms with E-state index in [0.717, 1.165) is 36.4 Å². The molecule has 1 fully saturated rings. The maximum atomic E-state index is 13.1. The van der Waals surface area contributed by atoms with E-state index >= 15 is 0 Å². The summed E-state index contributed by atoms with van der Waals surface area (Å²) in [6.07, 6.45) is 1.95. The van der Waals surface area contributed by atoms with Gasteiger partial charge in [0.1, 0.15) is 11.5 Å². The summed E-state index contributed by atoms with van der Waals surface area (Å²) in [7, 11) is 4.60. The zero-order chi connectivity index (χ0) is 21.1. The Bertz CT molecular complexity index is 918. The smallest absolute Gasteiger partial charge is 0.339 e. The number of ether oxygens (including phenoxy) is 3. The molecule has 1 aliphatic heterocycles. The number of carbonyl (C=O) groups is 2. The zero-order valence-electron chi connectivity index (χ0n) is 17.6. The zero-order valence-corrected chi connectivity index (χ0v) is 17.6. The van der Waals surface area contributed by atoms with Crippen LogP contribution in [0, 0.1) is 13.8 Å². The molecule has 2 heterocycles. The summed E-state index contributed by atoms with van der Waals surface area (Å²) in [5.41, 5.74) is 3.23. The van der Waals surface area contributed by atoms with Gasteiger partial charge in [0.25, 0.3) is 0 Å². The highest BCUT2D eigenvalue weighted by molar-refractivity contribution is 6.02. The van der Waals surface area contributed by atoms with E-state index in [1.807, 2.05) is 18.2 Å². The molecule has 1 atom stereocenters. The fourth-order valence-electron chi connectivity index (χ4n) is 4.16. The Hall–Kier alpha value is -2.80. The van der Waals surface area contributed by atoms with E-state index in [1.54, 1.807) is 28.1 Å². The minimum Gasteiger partial charge on any atom is -0.497 e. The molecule has 1 N–H and O–H groups in total. The van der Waals surface area contributed by atoms with Gasteiger partial charge in [0, 0.05) is 23.4 Å². The normalized spacial score (nSPS) is 16.7. The standard InChI is InChI=1S/C22H28N2O5/c1-13-20(22(26)29-5)14(2)23-21(13)18(25)12-24-10-6-7-17(24)16-9-8-15(27-3)11-19(16)28-4/h8-9,11,17,23H,6-7,10,12H2,1-5H3/t17-/m0/s1. The number of aryl methyl sites for hydroxylation is 1. The molecule has 0 unspecified atom stereocenters. The van der Waals surface area contributed by atoms with E-state index in [2.05, 4.69) is 9.88 Å². The Labute approximate surface area is 170 Å². The highest BCUT2D eigenvalue weighted by atomic mass is 16.5. The van der Waals surface area contributed by atoms with Crippen LogP contribution in [0.2, 0.25) is 0 Å². The largest absolute Gasteiger partial charge is 0.497 e. The van der Waals surface area contributed by atoms with Gasteiger partial charge in [-0.2, -0.15) is 0 Å². The number of ketones is 1. The second-order valence-electron chi connectivity index (χ2n) is 7.28. The quantitative estimate of drug-likeness (QED) is 0.566. The minimum atomic E-state index is -0.433. The van der Waals surface area contributed by atoms with Crippen molar-refractivity contribution >= 4 is 11.8 Å². The van der Waals surface area contributed by atoms with Crippen molar-refractivity contribution < 1.29 is 23.8 Å². The number of hydrogen-bond donors (Lipinski definition) is 1. The van der Waals surface area contributed by atoms with Crippen molar-refractivity contribution in [3.8, 4) is 11.5 Å². The summed E-state index contributed by atoms with van der Waals surface area (Å²) in [5.74, 6) is 1.02. The molecule has 7 nitrogen and oxygen atoms in total. The molecule has 156 valence electrons. The van der Waals surface area contributed by atoms with Crippen molar-refractivity contribution in [1.29, 1.82) is 0 Å². The summed E-state index contributed by atoms with van der Waals surface area (Å²) < 4.78 is 15.7. The monoisotopic (exact) mass is 400 g/mol. The number of benzene rings is 1. The van der Waals surface area contributed by atoms with E-state index in [0.29, 0.717) is 22.5 Å². The van der Waals surface area contributed by atoms with Crippen LogP contribution in [-0.4, -0.2) is 56.1 Å². The second kappa shape index (κ2) is 8.69. The Morgan fingerprint density at radius 1 is 1.17 bits per heavy atom. The highest BCUT2D eigenvalue weighted by Crippen LogP contribution is 2.38. The van der Waals surface area contributed by atoms with E-state index in [4.69, 9.17) is 14.2 Å². The lowest BCUT2D eigenvalue weighted by Crippen LogP contribution is -2.30. The molecule has 2 aromatic rings. The molecule has 7 heteroatoms. The van der Waals surface area contributed by atoms with Crippen LogP contribution in [0.1, 0.15) is 56.6 Å². The highest BCUT2D eigenvalue weighted by Gasteiger charge is 2.31. The first-order valence-corrected chi connectivity index (χ1v) is 9.67. The van der Waals surface area contributed by atoms with Crippen molar-refractivity contribution in [3.05, 3.63) is 46.3 Å². The average molecular weight is 400 g/mol. The van der Waals surface area contributed by atoms with Crippen LogP contribution in [0.4, 0.5) is 0 Å². The molecule has 3 rings (SSSR count). The molecule has 1 aromatic carbocycles. The molecule has 1 aromatic heterocycles. The predicted molar refractivity (Wildman–Crippen MR) is 109 cm³/mol. The number of aromatic amines is 1. The number of esters is 1. The average Bonchev–Trinajstić information content (AvgIpc) is 3.30. The SMILES string of the molecule is COC(=O)c1c(C)[nH]c(C(=O)CN2CCC[C@H]2c2ccc(OC)cc2OC)c1C. The van der Waals surface area contributed by atoms with Crippen LogP contribution < -0.4 is 9.47 Å². The first-order valence-electron chi connectivity index (χ1n) is 9.67. The van der Waals surface area contributed by atoms with Gasteiger partial charge >= 0.3 is 5.97 Å². The lowest BCUT2D eigenvalue weighted by Gasteiger charge is -2.25. The van der Waals surface area contributed by atoms with Crippen LogP contribution in [0.15, 0.2) is 18.2 Å². The lowest BCUT2D eigenvalue weighted by atomic mass is 10.0. The third-order valence-corrected chi connectivity index (χ3v) is 5.62. The van der Waals surface area contributed by atoms with Crippen molar-refractivity contribution in [1.82, 2.24) is 9.88 Å². The Morgan fingerprint density at radius 2 is 1.93 bits per heavy atom. The summed E-state index contributed by atoms with van der Waals surface area (Å²) in [6, 6.07) is 5.88. The topological polar surface area (TPSA) is 80.9 Å². The third kappa shape index (κ3) is 4.00. The van der Waals surface area contributed by atoms with Crippen LogP contribution in [0.3, 0.4) is 0 Å². The summed E-state index contributed by atoms with van der Waals surface area (Å²) in [5, 5.41) is 0. The predicted octanol–water partition coefficient (Wildman–Crippen LogP) is 3.46. The Balaban J connectivity index is 1.83. The summed E-state index contributed by atoms with van der Waals surface area (Å²) in [4.78, 5) is 30.3. The van der Waals surface area contributed by atoms with Crippen molar-refractivity contribution in [2.45, 2.75) is 32.7 Å². The first kappa shape index (κ1) is 20.9. The number of nitrogens with one attached hydrogen (secondary N) is 1. The van der Waals surface area contributed by atoms with Gasteiger partial charge < -0.3 is 19.2 Å². The number of aromatic nitrogens is 1. The van der Waals surface area contributed by atoms with Gasteiger partial charge in [-0.15, -0.1) is 0 Å². The van der Waals surface area contributed by atoms with E-state index in [1.165, 1.54) is 7.11 Å². The number of H-pyrrole nitrogens is 1. The molecule has 1 saturated heterocycles. The fraction of sp³-hybridized carbons (Fsp3) is 0.455. The number of hydrogen-bond acceptors (Lipinski definition) is 6. The van der Waals surface area contributed by atoms with Crippen LogP contribution in [0.5, 0.6) is 11.5 Å². The van der Waals surface area contributed by atoms with Crippen LogP contribution in [-0.2, 0) is 4.74 Å². The number of rotatable bonds is 7. The molecule has 0 spiro atoms. The van der Waals surface area contributed by atoms with Gasteiger partial charge in [-0.3, -0.25) is 9.69 Å². The van der Waals surface area contributed by atoms with Crippen LogP contribution >= 0.6 is 0 Å². The molecular formula is C22H28N2O5. The van der Waals surface area contributed by atoms with Crippen molar-refractivity contribution in [2.24, 2.45) is 0 Å². The number of methoxy groups -OCH3 is 3. The van der Waals surface area contributed by atoms with E-state index < -0.39 is 5.97 Å². The molecular weight excluding hydrogens is 372 g/mol. The molecule has 1 aliphatic rings. The van der Waals surface area contributed by atoms with Gasteiger partial charge in [0.05, 0.1) is 39.1 Å². The minimum absolute atomic E-state index is 0.0415. The van der Waals surface area contributed by atoms with Crippen molar-refractivity contribution in [2.75, 3.05) is 34.4 Å². The molecule has 0 amide bonds. The van der Waals surface area contributed by atoms with Gasteiger partial charge in [0.15, 0.2) is 5.78 Å². The maximum Gasteiger partial charge on any atom is 0.339 e. The lowest BCUT2D eigenvalue weighted by molar-refractivity contribution is 0.0599. The van der Waals surface area contributed by atoms with Crippen molar-refractivity contribution in [3.63, 3.8) is 0 Å². The van der Waals surface area contributed by atoms with E-state index in [-0.39, 0.29) is 18.4 Å². The number of likely N-dealkylation sites (tertiary alicyclic amines) is 1. The summed E-state index contributed by atoms with van der Waals surface area (Å²) in [6.45, 7) is 4.64. The summed E-state index contributed by atoms with van der Waals surface area (Å²) >= 11 is 0. The van der Waals surface area contributed by atoms with Gasteiger partial charge in [-0.25, -0.2) is 4.79 Å². The number of nitrogens with zero attached hydrogens (tertiary/aromatic N) is 1. The number of Topliss-reactive ketones (excluding diaryl/α,β-unsaturated/α-hetero) is 1. The number of carbonyl (C=O) groups excluding carboxylic acids is 2. The molecule has 0 aliphatic carbocycles. The maximum absolute atomic E-state index is 13.1. The Kier molecular flexibility index (Phi) is 6.27. The molecule has 0 bridgehead atoms. The fourth-order valence-corrected chi connectivity index (χ4v) is 4.16. The molecule has 29 heavy (non-hydrogen) atoms. The first-order chi connectivity index (χ1) is 13.9. The Morgan fingerprint density at radius 3 is 2.59 bits per heavy atom. The third-order valence-electron chi connectivity index (χ3n) is 5.62. The molecule has 0 radical (unpaired) electrons. The molecule has 0 saturated carbocycles. The second-order valence-corrected chi connectivity index (χ2v) is 7.28. The van der Waals surface area contributed by atoms with Gasteiger partial charge in [-0.1, -0.05) is 6.07 Å². The van der Waals surface area contributed by atoms with Gasteiger partial charge in [0.2, 0.25) is 0 Å².